The van der Waals surface area contributed by atoms with Crippen molar-refractivity contribution in [3.8, 4) is 0 Å². The number of aromatic nitrogens is 2. The molecule has 0 amide bonds. The van der Waals surface area contributed by atoms with E-state index < -0.39 is 11.7 Å². The zero-order valence-corrected chi connectivity index (χ0v) is 19.9. The average Bonchev–Trinajstić information content (AvgIpc) is 2.99. The van der Waals surface area contributed by atoms with Crippen molar-refractivity contribution >= 4 is 22.3 Å². The molecule has 3 atom stereocenters. The number of hydrogen-bond donors (Lipinski definition) is 1. The fraction of sp³-hybridized carbons (Fsp3) is 0.462. The van der Waals surface area contributed by atoms with Crippen molar-refractivity contribution in [3.05, 3.63) is 58.8 Å². The zero-order chi connectivity index (χ0) is 24.2. The Labute approximate surface area is 198 Å². The number of alkyl halides is 3. The van der Waals surface area contributed by atoms with Gasteiger partial charge in [-0.25, -0.2) is 0 Å². The molecule has 2 aliphatic heterocycles. The number of benzene rings is 2. The van der Waals surface area contributed by atoms with E-state index >= 15 is 0 Å². The summed E-state index contributed by atoms with van der Waals surface area (Å²) in [5, 5.41) is 14.0. The molecule has 3 aromatic rings. The second-order valence-electron chi connectivity index (χ2n) is 9.70. The lowest BCUT2D eigenvalue weighted by atomic mass is 9.97. The maximum Gasteiger partial charge on any atom is 0.416 e. The molecule has 2 aliphatic rings. The molecule has 2 fully saturated rings. The van der Waals surface area contributed by atoms with Crippen LogP contribution < -0.4 is 10.2 Å². The van der Waals surface area contributed by atoms with Gasteiger partial charge in [0.05, 0.1) is 17.3 Å². The van der Waals surface area contributed by atoms with E-state index in [2.05, 4.69) is 50.6 Å². The minimum Gasteiger partial charge on any atom is -0.368 e. The van der Waals surface area contributed by atoms with E-state index in [0.29, 0.717) is 23.5 Å². The molecule has 0 spiro atoms. The lowest BCUT2D eigenvalue weighted by molar-refractivity contribution is -0.138. The van der Waals surface area contributed by atoms with E-state index in [0.717, 1.165) is 41.3 Å². The topological polar surface area (TPSA) is 44.3 Å². The molecule has 5 rings (SSSR count). The first-order chi connectivity index (χ1) is 16.1. The fourth-order valence-corrected chi connectivity index (χ4v) is 5.62. The number of aryl methyl sites for hydroxylation is 1. The Hall–Kier alpha value is -2.87. The first-order valence-corrected chi connectivity index (χ1v) is 11.8. The Morgan fingerprint density at radius 1 is 1.00 bits per heavy atom. The smallest absolute Gasteiger partial charge is 0.368 e. The molecule has 3 unspecified atom stereocenters. The first-order valence-electron chi connectivity index (χ1n) is 11.8. The van der Waals surface area contributed by atoms with E-state index in [1.54, 1.807) is 6.07 Å². The monoisotopic (exact) mass is 469 g/mol. The van der Waals surface area contributed by atoms with Gasteiger partial charge in [0.25, 0.3) is 0 Å². The van der Waals surface area contributed by atoms with E-state index in [-0.39, 0.29) is 11.6 Å². The summed E-state index contributed by atoms with van der Waals surface area (Å²) in [5.74, 6) is 0.587. The molecule has 5 nitrogen and oxygen atoms in total. The highest BCUT2D eigenvalue weighted by molar-refractivity contribution is 5.95. The van der Waals surface area contributed by atoms with Crippen molar-refractivity contribution in [2.75, 3.05) is 30.4 Å². The van der Waals surface area contributed by atoms with Crippen LogP contribution in [0.15, 0.2) is 36.4 Å². The standard InChI is InChI=1S/C26H30F3N5/c1-15-21(6-5-7-24(15)26(27,28)29)16(2)30-25-23-12-18(10-11-22(23)17(3)31-32-25)34-13-19-8-9-20(14-34)33(19)4/h5-7,10-12,16,19-20H,8-9,13-14H2,1-4H3,(H,30,32). The third-order valence-corrected chi connectivity index (χ3v) is 7.66. The van der Waals surface area contributed by atoms with E-state index in [1.807, 2.05) is 13.8 Å². The zero-order valence-electron chi connectivity index (χ0n) is 19.9. The van der Waals surface area contributed by atoms with Crippen molar-refractivity contribution in [2.45, 2.75) is 57.9 Å². The Balaban J connectivity index is 1.48. The second kappa shape index (κ2) is 8.41. The van der Waals surface area contributed by atoms with Gasteiger partial charge in [0, 0.05) is 41.6 Å². The summed E-state index contributed by atoms with van der Waals surface area (Å²) >= 11 is 0. The number of halogens is 3. The van der Waals surface area contributed by atoms with Crippen LogP contribution in [0.3, 0.4) is 0 Å². The summed E-state index contributed by atoms with van der Waals surface area (Å²) in [4.78, 5) is 4.95. The summed E-state index contributed by atoms with van der Waals surface area (Å²) in [5.41, 5.74) is 2.19. The van der Waals surface area contributed by atoms with Crippen LogP contribution in [-0.2, 0) is 6.18 Å². The molecule has 2 aromatic carbocycles. The molecule has 180 valence electrons. The number of nitrogens with zero attached hydrogens (tertiary/aromatic N) is 4. The van der Waals surface area contributed by atoms with Crippen LogP contribution in [0.2, 0.25) is 0 Å². The first kappa shape index (κ1) is 22.9. The molecule has 8 heteroatoms. The van der Waals surface area contributed by atoms with Crippen LogP contribution in [0.1, 0.15) is 48.2 Å². The fourth-order valence-electron chi connectivity index (χ4n) is 5.62. The second-order valence-corrected chi connectivity index (χ2v) is 9.70. The van der Waals surface area contributed by atoms with Crippen LogP contribution in [0.5, 0.6) is 0 Å². The number of nitrogens with one attached hydrogen (secondary N) is 1. The Morgan fingerprint density at radius 2 is 1.71 bits per heavy atom. The minimum absolute atomic E-state index is 0.230. The highest BCUT2D eigenvalue weighted by atomic mass is 19.4. The Kier molecular flexibility index (Phi) is 5.67. The molecule has 2 bridgehead atoms. The molecule has 1 N–H and O–H groups in total. The maximum absolute atomic E-state index is 13.4. The lowest BCUT2D eigenvalue weighted by Gasteiger charge is -2.40. The molecule has 3 heterocycles. The van der Waals surface area contributed by atoms with Crippen LogP contribution in [-0.4, -0.2) is 47.3 Å². The average molecular weight is 470 g/mol. The third kappa shape index (κ3) is 3.98. The van der Waals surface area contributed by atoms with Gasteiger partial charge in [-0.05, 0) is 70.0 Å². The van der Waals surface area contributed by atoms with E-state index in [1.165, 1.54) is 25.8 Å². The number of rotatable bonds is 4. The van der Waals surface area contributed by atoms with Crippen LogP contribution in [0.4, 0.5) is 24.7 Å². The molecular formula is C26H30F3N5. The quantitative estimate of drug-likeness (QED) is 0.529. The molecular weight excluding hydrogens is 439 g/mol. The van der Waals surface area contributed by atoms with Gasteiger partial charge in [-0.1, -0.05) is 18.2 Å². The van der Waals surface area contributed by atoms with Gasteiger partial charge in [0.1, 0.15) is 0 Å². The minimum atomic E-state index is -4.38. The van der Waals surface area contributed by atoms with E-state index in [4.69, 9.17) is 0 Å². The molecule has 0 saturated carbocycles. The number of piperazine rings is 1. The van der Waals surface area contributed by atoms with Crippen LogP contribution in [0, 0.1) is 13.8 Å². The number of anilines is 2. The maximum atomic E-state index is 13.4. The number of hydrogen-bond acceptors (Lipinski definition) is 5. The molecule has 34 heavy (non-hydrogen) atoms. The SMILES string of the molecule is Cc1c(C(C)Nc2nnc(C)c3ccc(N4CC5CCC(C4)N5C)cc23)cccc1C(F)(F)F. The van der Waals surface area contributed by atoms with Crippen LogP contribution >= 0.6 is 0 Å². The van der Waals surface area contributed by atoms with Crippen molar-refractivity contribution < 1.29 is 13.2 Å². The number of fused-ring (bicyclic) bond motifs is 3. The molecule has 1 aromatic heterocycles. The van der Waals surface area contributed by atoms with E-state index in [9.17, 15) is 13.2 Å². The molecule has 0 aliphatic carbocycles. The normalized spacial score (nSPS) is 21.8. The predicted molar refractivity (Wildman–Crippen MR) is 129 cm³/mol. The van der Waals surface area contributed by atoms with Gasteiger partial charge in [-0.2, -0.15) is 18.3 Å². The van der Waals surface area contributed by atoms with Gasteiger partial charge in [0.2, 0.25) is 0 Å². The van der Waals surface area contributed by atoms with Gasteiger partial charge in [-0.15, -0.1) is 5.10 Å². The highest BCUT2D eigenvalue weighted by Crippen LogP contribution is 2.37. The largest absolute Gasteiger partial charge is 0.416 e. The third-order valence-electron chi connectivity index (χ3n) is 7.66. The van der Waals surface area contributed by atoms with Gasteiger partial charge in [0.15, 0.2) is 5.82 Å². The van der Waals surface area contributed by atoms with Gasteiger partial charge < -0.3 is 10.2 Å². The Morgan fingerprint density at radius 3 is 2.38 bits per heavy atom. The highest BCUT2D eigenvalue weighted by Gasteiger charge is 2.37. The van der Waals surface area contributed by atoms with Gasteiger partial charge in [-0.3, -0.25) is 4.90 Å². The molecule has 2 saturated heterocycles. The summed E-state index contributed by atoms with van der Waals surface area (Å²) < 4.78 is 40.3. The summed E-state index contributed by atoms with van der Waals surface area (Å²) in [7, 11) is 2.22. The molecule has 0 radical (unpaired) electrons. The summed E-state index contributed by atoms with van der Waals surface area (Å²) in [6.45, 7) is 7.30. The van der Waals surface area contributed by atoms with Crippen molar-refractivity contribution in [1.82, 2.24) is 15.1 Å². The lowest BCUT2D eigenvalue weighted by Crippen LogP contribution is -2.52. The summed E-state index contributed by atoms with van der Waals surface area (Å²) in [6.07, 6.45) is -1.92. The van der Waals surface area contributed by atoms with Crippen molar-refractivity contribution in [2.24, 2.45) is 0 Å². The van der Waals surface area contributed by atoms with Crippen molar-refractivity contribution in [3.63, 3.8) is 0 Å². The predicted octanol–water partition coefficient (Wildman–Crippen LogP) is 5.72. The summed E-state index contributed by atoms with van der Waals surface area (Å²) in [6, 6.07) is 11.5. The Bertz CT molecular complexity index is 1210. The van der Waals surface area contributed by atoms with Gasteiger partial charge >= 0.3 is 6.18 Å². The van der Waals surface area contributed by atoms with Crippen molar-refractivity contribution in [1.29, 1.82) is 0 Å². The number of likely N-dealkylation sites (N-methyl/N-ethyl adjacent to an activating group) is 1. The van der Waals surface area contributed by atoms with Crippen LogP contribution in [0.25, 0.3) is 10.8 Å².